The first-order valence-electron chi connectivity index (χ1n) is 7.24. The predicted molar refractivity (Wildman–Crippen MR) is 81.7 cm³/mol. The average Bonchev–Trinajstić information content (AvgIpc) is 2.67. The molecule has 0 spiro atoms. The third-order valence-electron chi connectivity index (χ3n) is 3.34. The minimum atomic E-state index is -0.577. The summed E-state index contributed by atoms with van der Waals surface area (Å²) in [5.41, 5.74) is 1.72. The first-order chi connectivity index (χ1) is 10.2. The van der Waals surface area contributed by atoms with Crippen LogP contribution in [0.15, 0.2) is 30.9 Å². The predicted octanol–water partition coefficient (Wildman–Crippen LogP) is 0.878. The van der Waals surface area contributed by atoms with E-state index in [-0.39, 0.29) is 12.5 Å². The zero-order valence-corrected chi connectivity index (χ0v) is 12.1. The van der Waals surface area contributed by atoms with Gasteiger partial charge >= 0.3 is 0 Å². The summed E-state index contributed by atoms with van der Waals surface area (Å²) in [6.07, 6.45) is 2.95. The van der Waals surface area contributed by atoms with Gasteiger partial charge in [-0.15, -0.1) is 6.58 Å². The van der Waals surface area contributed by atoms with Gasteiger partial charge in [0.05, 0.1) is 0 Å². The van der Waals surface area contributed by atoms with Gasteiger partial charge in [0.2, 0.25) is 0 Å². The second-order valence-corrected chi connectivity index (χ2v) is 5.09. The van der Waals surface area contributed by atoms with Gasteiger partial charge in [-0.1, -0.05) is 6.08 Å². The molecule has 0 saturated heterocycles. The highest BCUT2D eigenvalue weighted by atomic mass is 16.5. The fraction of sp³-hybridized carbons (Fsp3) is 0.438. The number of hydrogen-bond acceptors (Lipinski definition) is 4. The van der Waals surface area contributed by atoms with Crippen molar-refractivity contribution in [2.75, 3.05) is 26.2 Å². The highest BCUT2D eigenvalue weighted by Crippen LogP contribution is 2.21. The van der Waals surface area contributed by atoms with Gasteiger partial charge in [-0.2, -0.15) is 0 Å². The second kappa shape index (κ2) is 7.81. The summed E-state index contributed by atoms with van der Waals surface area (Å²) in [6.45, 7) is 5.64. The molecule has 1 amide bonds. The van der Waals surface area contributed by atoms with Crippen molar-refractivity contribution in [3.63, 3.8) is 0 Å². The Balaban J connectivity index is 1.91. The van der Waals surface area contributed by atoms with Crippen molar-refractivity contribution in [1.29, 1.82) is 0 Å². The van der Waals surface area contributed by atoms with E-state index in [0.717, 1.165) is 18.4 Å². The molecule has 5 nitrogen and oxygen atoms in total. The number of nitrogens with one attached hydrogen (secondary N) is 2. The Kier molecular flexibility index (Phi) is 5.78. The van der Waals surface area contributed by atoms with Crippen molar-refractivity contribution >= 4 is 5.91 Å². The van der Waals surface area contributed by atoms with E-state index in [2.05, 4.69) is 17.2 Å². The van der Waals surface area contributed by atoms with Gasteiger partial charge in [0.1, 0.15) is 18.5 Å². The maximum Gasteiger partial charge on any atom is 0.251 e. The minimum absolute atomic E-state index is 0.0253. The van der Waals surface area contributed by atoms with Crippen molar-refractivity contribution in [1.82, 2.24) is 10.6 Å². The Morgan fingerprint density at radius 1 is 1.52 bits per heavy atom. The number of hydrogen-bond donors (Lipinski definition) is 3. The van der Waals surface area contributed by atoms with Gasteiger partial charge < -0.3 is 20.5 Å². The van der Waals surface area contributed by atoms with Crippen LogP contribution in [0, 0.1) is 0 Å². The molecule has 1 aliphatic rings. The highest BCUT2D eigenvalue weighted by Gasteiger charge is 2.15. The van der Waals surface area contributed by atoms with Crippen LogP contribution >= 0.6 is 0 Å². The average molecular weight is 290 g/mol. The van der Waals surface area contributed by atoms with Crippen molar-refractivity contribution in [3.05, 3.63) is 42.0 Å². The molecule has 1 heterocycles. The number of ether oxygens (including phenoxy) is 1. The quantitative estimate of drug-likeness (QED) is 0.515. The number of carbonyl (C=O) groups is 1. The Bertz CT molecular complexity index is 502. The fourth-order valence-electron chi connectivity index (χ4n) is 2.27. The number of carbonyl (C=O) groups excluding carboxylic acids is 1. The van der Waals surface area contributed by atoms with E-state index in [1.807, 2.05) is 6.07 Å². The smallest absolute Gasteiger partial charge is 0.251 e. The van der Waals surface area contributed by atoms with Crippen LogP contribution in [-0.4, -0.2) is 43.4 Å². The van der Waals surface area contributed by atoms with Crippen LogP contribution < -0.4 is 15.4 Å². The molecule has 0 fully saturated rings. The number of benzene rings is 1. The summed E-state index contributed by atoms with van der Waals surface area (Å²) < 4.78 is 5.59. The number of amides is 1. The van der Waals surface area contributed by atoms with Crippen LogP contribution in [0.2, 0.25) is 0 Å². The Hall–Kier alpha value is -1.85. The Morgan fingerprint density at radius 3 is 3.19 bits per heavy atom. The lowest BCUT2D eigenvalue weighted by Crippen LogP contribution is -2.31. The SMILES string of the molecule is C=CCNCC(O)COc1ccc2c(c1)CCCNC2=O. The van der Waals surface area contributed by atoms with Crippen LogP contribution in [0.4, 0.5) is 0 Å². The molecule has 1 aromatic carbocycles. The van der Waals surface area contributed by atoms with Crippen LogP contribution in [0.5, 0.6) is 5.75 Å². The first kappa shape index (κ1) is 15.5. The molecule has 21 heavy (non-hydrogen) atoms. The normalized spacial score (nSPS) is 15.6. The summed E-state index contributed by atoms with van der Waals surface area (Å²) >= 11 is 0. The van der Waals surface area contributed by atoms with Gasteiger partial charge in [0.15, 0.2) is 0 Å². The molecule has 0 saturated carbocycles. The monoisotopic (exact) mass is 290 g/mol. The van der Waals surface area contributed by atoms with Crippen LogP contribution in [0.1, 0.15) is 22.3 Å². The van der Waals surface area contributed by atoms with Gasteiger partial charge in [0.25, 0.3) is 5.91 Å². The van der Waals surface area contributed by atoms with E-state index < -0.39 is 6.10 Å². The van der Waals surface area contributed by atoms with Gasteiger partial charge in [-0.3, -0.25) is 4.79 Å². The highest BCUT2D eigenvalue weighted by molar-refractivity contribution is 5.96. The molecular formula is C16H22N2O3. The lowest BCUT2D eigenvalue weighted by molar-refractivity contribution is 0.0955. The lowest BCUT2D eigenvalue weighted by Gasteiger charge is -2.14. The van der Waals surface area contributed by atoms with E-state index in [4.69, 9.17) is 4.74 Å². The molecule has 1 aromatic rings. The molecule has 2 rings (SSSR count). The van der Waals surface area contributed by atoms with E-state index in [1.54, 1.807) is 18.2 Å². The summed E-state index contributed by atoms with van der Waals surface area (Å²) in [7, 11) is 0. The third-order valence-corrected chi connectivity index (χ3v) is 3.34. The molecular weight excluding hydrogens is 268 g/mol. The molecule has 1 atom stereocenters. The molecule has 0 aliphatic carbocycles. The fourth-order valence-corrected chi connectivity index (χ4v) is 2.27. The largest absolute Gasteiger partial charge is 0.491 e. The van der Waals surface area contributed by atoms with E-state index >= 15 is 0 Å². The van der Waals surface area contributed by atoms with Crippen molar-refractivity contribution in [2.45, 2.75) is 18.9 Å². The summed E-state index contributed by atoms with van der Waals surface area (Å²) in [4.78, 5) is 11.8. The number of aryl methyl sites for hydroxylation is 1. The van der Waals surface area contributed by atoms with Crippen molar-refractivity contribution < 1.29 is 14.6 Å². The number of fused-ring (bicyclic) bond motifs is 1. The molecule has 114 valence electrons. The van der Waals surface area contributed by atoms with Crippen LogP contribution in [0.25, 0.3) is 0 Å². The number of rotatable bonds is 7. The summed E-state index contributed by atoms with van der Waals surface area (Å²) in [5.74, 6) is 0.661. The minimum Gasteiger partial charge on any atom is -0.491 e. The number of aliphatic hydroxyl groups excluding tert-OH is 1. The standard InChI is InChI=1S/C16H22N2O3/c1-2-7-17-10-13(19)11-21-14-5-6-15-12(9-14)4-3-8-18-16(15)20/h2,5-6,9,13,17,19H,1,3-4,7-8,10-11H2,(H,18,20). The zero-order valence-electron chi connectivity index (χ0n) is 12.1. The third kappa shape index (κ3) is 4.58. The number of aliphatic hydroxyl groups is 1. The summed E-state index contributed by atoms with van der Waals surface area (Å²) in [5, 5.41) is 15.7. The molecule has 0 aromatic heterocycles. The molecule has 0 radical (unpaired) electrons. The topological polar surface area (TPSA) is 70.6 Å². The van der Waals surface area contributed by atoms with Crippen LogP contribution in [0.3, 0.4) is 0 Å². The molecule has 1 unspecified atom stereocenters. The van der Waals surface area contributed by atoms with Gasteiger partial charge in [0, 0.05) is 25.2 Å². The van der Waals surface area contributed by atoms with Crippen molar-refractivity contribution in [2.24, 2.45) is 0 Å². The zero-order chi connectivity index (χ0) is 15.1. The van der Waals surface area contributed by atoms with Gasteiger partial charge in [-0.25, -0.2) is 0 Å². The molecule has 0 bridgehead atoms. The van der Waals surface area contributed by atoms with Crippen molar-refractivity contribution in [3.8, 4) is 5.75 Å². The van der Waals surface area contributed by atoms with E-state index in [0.29, 0.717) is 30.9 Å². The van der Waals surface area contributed by atoms with E-state index in [1.165, 1.54) is 0 Å². The van der Waals surface area contributed by atoms with Gasteiger partial charge in [-0.05, 0) is 36.6 Å². The Morgan fingerprint density at radius 2 is 2.38 bits per heavy atom. The molecule has 5 heteroatoms. The summed E-state index contributed by atoms with van der Waals surface area (Å²) in [6, 6.07) is 5.45. The molecule has 1 aliphatic heterocycles. The lowest BCUT2D eigenvalue weighted by atomic mass is 10.0. The first-order valence-corrected chi connectivity index (χ1v) is 7.24. The maximum atomic E-state index is 11.8. The maximum absolute atomic E-state index is 11.8. The second-order valence-electron chi connectivity index (χ2n) is 5.09. The molecule has 3 N–H and O–H groups in total. The Labute approximate surface area is 125 Å². The van der Waals surface area contributed by atoms with E-state index in [9.17, 15) is 9.90 Å². The van der Waals surface area contributed by atoms with Crippen LogP contribution in [-0.2, 0) is 6.42 Å².